The van der Waals surface area contributed by atoms with Crippen LogP contribution in [-0.2, 0) is 46.2 Å². The zero-order valence-electron chi connectivity index (χ0n) is 31.7. The van der Waals surface area contributed by atoms with E-state index < -0.39 is 75.5 Å². The average molecular weight is 870 g/mol. The minimum absolute atomic E-state index is 0.0553. The number of nitrogens with zero attached hydrogens (tertiary/aromatic N) is 3. The van der Waals surface area contributed by atoms with Gasteiger partial charge in [0, 0.05) is 0 Å². The molecule has 0 amide bonds. The highest BCUT2D eigenvalue weighted by Gasteiger charge is 2.40. The van der Waals surface area contributed by atoms with E-state index in [9.17, 15) is 9.13 Å². The summed E-state index contributed by atoms with van der Waals surface area (Å²) < 4.78 is 74.8. The molecule has 0 radical (unpaired) electrons. The smallest absolute Gasteiger partial charge is 0.374 e. The number of hydrogen-bond acceptors (Lipinski definition) is 13. The third kappa shape index (κ3) is 22.7. The van der Waals surface area contributed by atoms with Gasteiger partial charge in [-0.05, 0) is 94.7 Å². The van der Waals surface area contributed by atoms with E-state index in [0.29, 0.717) is 0 Å². The fraction of sp³-hybridized carbons (Fsp3) is 0.903. The Kier molecular flexibility index (Phi) is 20.6. The molecule has 0 saturated carbocycles. The van der Waals surface area contributed by atoms with Crippen molar-refractivity contribution in [2.45, 2.75) is 127 Å². The molecular formula is C31H56Cl5N3O10P2. The maximum Gasteiger partial charge on any atom is 0.398 e. The molecule has 4 unspecified atom stereocenters. The second kappa shape index (κ2) is 21.2. The Hall–Kier alpha value is 0.600. The van der Waals surface area contributed by atoms with E-state index >= 15 is 0 Å². The fourth-order valence-corrected chi connectivity index (χ4v) is 7.35. The Morgan fingerprint density at radius 3 is 0.863 bits per heavy atom. The summed E-state index contributed by atoms with van der Waals surface area (Å²) in [6.07, 6.45) is 0. The molecule has 0 N–H and O–H groups in total. The van der Waals surface area contributed by atoms with Crippen molar-refractivity contribution in [1.82, 2.24) is 15.0 Å². The Bertz CT molecular complexity index is 1140. The van der Waals surface area contributed by atoms with Gasteiger partial charge in [-0.1, -0.05) is 0 Å². The topological polar surface area (TPSA) is 147 Å². The average Bonchev–Trinajstić information content (AvgIpc) is 2.98. The molecule has 1 rings (SSSR count). The first-order valence-corrected chi connectivity index (χ1v) is 21.5. The minimum atomic E-state index is -4.52. The molecule has 1 heterocycles. The fourth-order valence-electron chi connectivity index (χ4n) is 3.15. The van der Waals surface area contributed by atoms with E-state index in [-0.39, 0.29) is 52.9 Å². The lowest BCUT2D eigenvalue weighted by Gasteiger charge is -2.25. The summed E-state index contributed by atoms with van der Waals surface area (Å²) in [5.41, 5.74) is -3.17. The number of aromatic nitrogens is 3. The van der Waals surface area contributed by atoms with Crippen LogP contribution in [0, 0.1) is 0 Å². The molecule has 0 spiro atoms. The molecule has 1 aromatic rings. The molecule has 1 aromatic heterocycles. The third-order valence-corrected chi connectivity index (χ3v) is 10.1. The van der Waals surface area contributed by atoms with Gasteiger partial charge in [0.25, 0.3) is 0 Å². The second-order valence-electron chi connectivity index (χ2n) is 15.5. The van der Waals surface area contributed by atoms with Crippen LogP contribution in [0.4, 0.5) is 0 Å². The molecule has 0 aliphatic rings. The summed E-state index contributed by atoms with van der Waals surface area (Å²) in [7, 11) is -9.03. The van der Waals surface area contributed by atoms with Crippen molar-refractivity contribution in [1.29, 1.82) is 0 Å². The van der Waals surface area contributed by atoms with Gasteiger partial charge in [-0.15, -0.1) is 46.4 Å². The van der Waals surface area contributed by atoms with Crippen LogP contribution in [-0.4, -0.2) is 112 Å². The van der Waals surface area contributed by atoms with Crippen molar-refractivity contribution in [3.05, 3.63) is 5.28 Å². The highest BCUT2D eigenvalue weighted by molar-refractivity contribution is 7.63. The van der Waals surface area contributed by atoms with Gasteiger partial charge in [0.05, 0.1) is 96.8 Å². The van der Waals surface area contributed by atoms with E-state index in [0.717, 1.165) is 0 Å². The monoisotopic (exact) mass is 867 g/mol. The predicted molar refractivity (Wildman–Crippen MR) is 205 cm³/mol. The standard InChI is InChI=1S/C31H56Cl5N3O10P2/c1-28(2,3)42-13-21(32)17-46-50(40,47-18-22(33)14-43-29(4,5)6)26-37-25(36)38-27(39-26)51(41,48-19-23(34)15-44-30(7,8)9)49-20-24(35)16-45-31(10,11)12/h21-24H,13-20H2,1-12H3. The van der Waals surface area contributed by atoms with E-state index in [1.807, 2.05) is 83.1 Å². The molecule has 13 nitrogen and oxygen atoms in total. The number of ether oxygens (including phenoxy) is 4. The number of hydrogen-bond donors (Lipinski definition) is 0. The summed E-state index contributed by atoms with van der Waals surface area (Å²) in [5, 5.41) is -3.57. The number of alkyl halides is 4. The van der Waals surface area contributed by atoms with Crippen molar-refractivity contribution in [3.8, 4) is 0 Å². The largest absolute Gasteiger partial charge is 0.398 e. The molecule has 0 saturated heterocycles. The molecule has 300 valence electrons. The summed E-state index contributed by atoms with van der Waals surface area (Å²) in [6, 6.07) is 0. The first-order chi connectivity index (χ1) is 23.0. The van der Waals surface area contributed by atoms with Gasteiger partial charge in [-0.2, -0.15) is 15.0 Å². The molecule has 4 atom stereocenters. The summed E-state index contributed by atoms with van der Waals surface area (Å²) in [4.78, 5) is 12.2. The van der Waals surface area contributed by atoms with Crippen molar-refractivity contribution >= 4 is 84.3 Å². The first kappa shape index (κ1) is 49.6. The van der Waals surface area contributed by atoms with E-state index in [2.05, 4.69) is 15.0 Å². The lowest BCUT2D eigenvalue weighted by Crippen LogP contribution is -2.33. The summed E-state index contributed by atoms with van der Waals surface area (Å²) in [6.45, 7) is 21.2. The summed E-state index contributed by atoms with van der Waals surface area (Å²) in [5.74, 6) is 0. The second-order valence-corrected chi connectivity index (χ2v) is 22.1. The Morgan fingerprint density at radius 2 is 0.667 bits per heavy atom. The minimum Gasteiger partial charge on any atom is -0.374 e. The quantitative estimate of drug-likeness (QED) is 0.0822. The zero-order valence-corrected chi connectivity index (χ0v) is 37.2. The van der Waals surface area contributed by atoms with Crippen LogP contribution >= 0.6 is 73.2 Å². The Labute approximate surface area is 329 Å². The van der Waals surface area contributed by atoms with Crippen LogP contribution < -0.4 is 11.1 Å². The molecule has 0 aromatic carbocycles. The molecule has 0 bridgehead atoms. The van der Waals surface area contributed by atoms with Crippen molar-refractivity contribution in [2.75, 3.05) is 52.9 Å². The maximum absolute atomic E-state index is 14.4. The third-order valence-electron chi connectivity index (χ3n) is 5.56. The van der Waals surface area contributed by atoms with E-state index in [1.165, 1.54) is 0 Å². The number of halogens is 5. The van der Waals surface area contributed by atoms with Crippen molar-refractivity contribution < 1.29 is 46.2 Å². The van der Waals surface area contributed by atoms with Gasteiger partial charge >= 0.3 is 15.2 Å². The van der Waals surface area contributed by atoms with E-state index in [4.69, 9.17) is 95.0 Å². The van der Waals surface area contributed by atoms with Crippen LogP contribution in [0.2, 0.25) is 5.28 Å². The van der Waals surface area contributed by atoms with Gasteiger partial charge in [-0.3, -0.25) is 9.13 Å². The summed E-state index contributed by atoms with van der Waals surface area (Å²) >= 11 is 32.1. The lowest BCUT2D eigenvalue weighted by molar-refractivity contribution is -0.00897. The first-order valence-electron chi connectivity index (χ1n) is 16.3. The lowest BCUT2D eigenvalue weighted by atomic mass is 10.2. The predicted octanol–water partition coefficient (Wildman–Crippen LogP) is 7.92. The van der Waals surface area contributed by atoms with Crippen LogP contribution in [0.25, 0.3) is 0 Å². The Balaban J connectivity index is 3.51. The Morgan fingerprint density at radius 1 is 0.451 bits per heavy atom. The van der Waals surface area contributed by atoms with Crippen molar-refractivity contribution in [2.24, 2.45) is 0 Å². The van der Waals surface area contributed by atoms with Gasteiger partial charge < -0.3 is 37.0 Å². The van der Waals surface area contributed by atoms with Gasteiger partial charge in [0.1, 0.15) is 0 Å². The highest BCUT2D eigenvalue weighted by Crippen LogP contribution is 2.49. The molecule has 0 aliphatic carbocycles. The van der Waals surface area contributed by atoms with E-state index in [1.54, 1.807) is 0 Å². The van der Waals surface area contributed by atoms with Gasteiger partial charge in [0.2, 0.25) is 16.4 Å². The van der Waals surface area contributed by atoms with Gasteiger partial charge in [0.15, 0.2) is 0 Å². The maximum atomic E-state index is 14.4. The number of rotatable bonds is 22. The molecule has 51 heavy (non-hydrogen) atoms. The molecule has 20 heteroatoms. The van der Waals surface area contributed by atoms with Crippen molar-refractivity contribution in [3.63, 3.8) is 0 Å². The van der Waals surface area contributed by atoms with Gasteiger partial charge in [-0.25, -0.2) is 0 Å². The van der Waals surface area contributed by atoms with Crippen LogP contribution in [0.3, 0.4) is 0 Å². The van der Waals surface area contributed by atoms with Crippen LogP contribution in [0.5, 0.6) is 0 Å². The normalized spacial score (nSPS) is 18.1. The molecule has 0 aliphatic heterocycles. The highest BCUT2D eigenvalue weighted by atomic mass is 35.5. The molecule has 0 fully saturated rings. The SMILES string of the molecule is CC(C)(C)OCC(Cl)COP(=O)(OCC(Cl)COC(C)(C)C)c1nc(Cl)nc(P(=O)(OCC(Cl)COC(C)(C)C)OCC(Cl)COC(C)(C)C)n1. The zero-order chi connectivity index (χ0) is 39.5. The van der Waals surface area contributed by atoms with Crippen LogP contribution in [0.1, 0.15) is 83.1 Å². The molecular weight excluding hydrogens is 814 g/mol. The van der Waals surface area contributed by atoms with Crippen LogP contribution in [0.15, 0.2) is 0 Å².